The molecule has 0 aliphatic heterocycles. The first-order valence-electron chi connectivity index (χ1n) is 6.11. The van der Waals surface area contributed by atoms with Gasteiger partial charge in [-0.1, -0.05) is 42.5 Å². The summed E-state index contributed by atoms with van der Waals surface area (Å²) in [6.45, 7) is 0.326. The number of benzene rings is 2. The minimum atomic E-state index is -0.124. The third-order valence-corrected chi connectivity index (χ3v) is 2.68. The monoisotopic (exact) mass is 255 g/mol. The molecule has 1 N–H and O–H groups in total. The number of nitrogens with one attached hydrogen (secondary N) is 1. The standard InChI is InChI=1S/C15H17N3O/c1-18(2)11-15(19)17-16-10-13-8-5-7-12-6-3-4-9-14(12)13/h3-10H,11H2,1-2H3,(H,17,19)/b16-10+. The SMILES string of the molecule is CN(C)CC(=O)N/N=C/c1cccc2ccccc12. The van der Waals surface area contributed by atoms with E-state index in [2.05, 4.69) is 22.7 Å². The van der Waals surface area contributed by atoms with Gasteiger partial charge in [0.25, 0.3) is 5.91 Å². The van der Waals surface area contributed by atoms with Gasteiger partial charge in [-0.25, -0.2) is 5.43 Å². The van der Waals surface area contributed by atoms with Crippen molar-refractivity contribution < 1.29 is 4.79 Å². The number of amides is 1. The average Bonchev–Trinajstić information content (AvgIpc) is 2.38. The lowest BCUT2D eigenvalue weighted by molar-refractivity contribution is -0.121. The van der Waals surface area contributed by atoms with E-state index < -0.39 is 0 Å². The van der Waals surface area contributed by atoms with E-state index in [9.17, 15) is 4.79 Å². The van der Waals surface area contributed by atoms with Gasteiger partial charge in [-0.3, -0.25) is 4.79 Å². The first-order chi connectivity index (χ1) is 9.16. The molecule has 0 saturated heterocycles. The van der Waals surface area contributed by atoms with E-state index in [4.69, 9.17) is 0 Å². The van der Waals surface area contributed by atoms with Crippen molar-refractivity contribution in [3.05, 3.63) is 48.0 Å². The van der Waals surface area contributed by atoms with Gasteiger partial charge in [0.2, 0.25) is 0 Å². The highest BCUT2D eigenvalue weighted by molar-refractivity contribution is 5.99. The molecule has 0 spiro atoms. The fourth-order valence-electron chi connectivity index (χ4n) is 1.86. The normalized spacial score (nSPS) is 11.3. The molecule has 2 aromatic carbocycles. The molecule has 98 valence electrons. The van der Waals surface area contributed by atoms with Crippen molar-refractivity contribution in [2.45, 2.75) is 0 Å². The summed E-state index contributed by atoms with van der Waals surface area (Å²) in [5, 5.41) is 6.27. The smallest absolute Gasteiger partial charge is 0.254 e. The Hall–Kier alpha value is -2.20. The highest BCUT2D eigenvalue weighted by atomic mass is 16.2. The van der Waals surface area contributed by atoms with Gasteiger partial charge >= 0.3 is 0 Å². The highest BCUT2D eigenvalue weighted by Crippen LogP contribution is 2.16. The molecule has 0 heterocycles. The number of hydrazone groups is 1. The van der Waals surface area contributed by atoms with Crippen LogP contribution < -0.4 is 5.43 Å². The molecule has 0 aliphatic carbocycles. The summed E-state index contributed by atoms with van der Waals surface area (Å²) in [6.07, 6.45) is 1.68. The van der Waals surface area contributed by atoms with Crippen molar-refractivity contribution in [3.8, 4) is 0 Å². The second-order valence-corrected chi connectivity index (χ2v) is 4.60. The van der Waals surface area contributed by atoms with Crippen molar-refractivity contribution >= 4 is 22.9 Å². The molecule has 4 nitrogen and oxygen atoms in total. The molecule has 0 saturated carbocycles. The molecule has 0 radical (unpaired) electrons. The van der Waals surface area contributed by atoms with E-state index in [1.165, 1.54) is 0 Å². The molecule has 0 unspecified atom stereocenters. The summed E-state index contributed by atoms with van der Waals surface area (Å²) >= 11 is 0. The van der Waals surface area contributed by atoms with Crippen LogP contribution in [0.4, 0.5) is 0 Å². The number of rotatable bonds is 4. The Morgan fingerprint density at radius 2 is 1.95 bits per heavy atom. The van der Waals surface area contributed by atoms with Gasteiger partial charge in [0.05, 0.1) is 12.8 Å². The molecule has 0 aliphatic rings. The van der Waals surface area contributed by atoms with Crippen molar-refractivity contribution in [3.63, 3.8) is 0 Å². The highest BCUT2D eigenvalue weighted by Gasteiger charge is 2.00. The van der Waals surface area contributed by atoms with Crippen LogP contribution in [-0.2, 0) is 4.79 Å². The molecule has 19 heavy (non-hydrogen) atoms. The zero-order chi connectivity index (χ0) is 13.7. The van der Waals surface area contributed by atoms with Gasteiger partial charge in [-0.15, -0.1) is 0 Å². The fourth-order valence-corrected chi connectivity index (χ4v) is 1.86. The maximum absolute atomic E-state index is 11.4. The van der Waals surface area contributed by atoms with Gasteiger partial charge in [0.15, 0.2) is 0 Å². The number of hydrogen-bond donors (Lipinski definition) is 1. The molecule has 1 amide bonds. The average molecular weight is 255 g/mol. The number of carbonyl (C=O) groups is 1. The molecule has 2 aromatic rings. The molecule has 0 aromatic heterocycles. The summed E-state index contributed by atoms with van der Waals surface area (Å²) in [5.41, 5.74) is 3.51. The van der Waals surface area contributed by atoms with Crippen LogP contribution in [0.1, 0.15) is 5.56 Å². The molecule has 4 heteroatoms. The molecular formula is C15H17N3O. The maximum atomic E-state index is 11.4. The second kappa shape index (κ2) is 6.11. The summed E-state index contributed by atoms with van der Waals surface area (Å²) in [7, 11) is 3.68. The van der Waals surface area contributed by atoms with Crippen LogP contribution >= 0.6 is 0 Å². The van der Waals surface area contributed by atoms with E-state index in [1.807, 2.05) is 44.4 Å². The van der Waals surface area contributed by atoms with Gasteiger partial charge in [-0.05, 0) is 24.9 Å². The molecule has 2 rings (SSSR count). The lowest BCUT2D eigenvalue weighted by Gasteiger charge is -2.06. The maximum Gasteiger partial charge on any atom is 0.254 e. The minimum Gasteiger partial charge on any atom is -0.301 e. The van der Waals surface area contributed by atoms with Crippen LogP contribution in [-0.4, -0.2) is 37.7 Å². The fraction of sp³-hybridized carbons (Fsp3) is 0.200. The van der Waals surface area contributed by atoms with Gasteiger partial charge < -0.3 is 4.90 Å². The topological polar surface area (TPSA) is 44.7 Å². The van der Waals surface area contributed by atoms with Gasteiger partial charge in [0.1, 0.15) is 0 Å². The Morgan fingerprint density at radius 1 is 1.21 bits per heavy atom. The Morgan fingerprint density at radius 3 is 2.74 bits per heavy atom. The van der Waals surface area contributed by atoms with Crippen LogP contribution in [0.3, 0.4) is 0 Å². The first-order valence-corrected chi connectivity index (χ1v) is 6.11. The third kappa shape index (κ3) is 3.63. The molecule has 0 fully saturated rings. The lowest BCUT2D eigenvalue weighted by Crippen LogP contribution is -2.30. The lowest BCUT2D eigenvalue weighted by atomic mass is 10.1. The Balaban J connectivity index is 2.11. The van der Waals surface area contributed by atoms with Crippen LogP contribution in [0.15, 0.2) is 47.6 Å². The van der Waals surface area contributed by atoms with Crippen LogP contribution in [0.5, 0.6) is 0 Å². The number of fused-ring (bicyclic) bond motifs is 1. The summed E-state index contributed by atoms with van der Waals surface area (Å²) in [6, 6.07) is 14.1. The van der Waals surface area contributed by atoms with E-state index in [0.29, 0.717) is 6.54 Å². The summed E-state index contributed by atoms with van der Waals surface area (Å²) in [4.78, 5) is 13.2. The van der Waals surface area contributed by atoms with Crippen molar-refractivity contribution in [2.24, 2.45) is 5.10 Å². The molecule has 0 bridgehead atoms. The van der Waals surface area contributed by atoms with Crippen LogP contribution in [0, 0.1) is 0 Å². The predicted molar refractivity (Wildman–Crippen MR) is 78.2 cm³/mol. The number of likely N-dealkylation sites (N-methyl/N-ethyl adjacent to an activating group) is 1. The Bertz CT molecular complexity index is 600. The Kier molecular flexibility index (Phi) is 4.26. The first kappa shape index (κ1) is 13.2. The van der Waals surface area contributed by atoms with Crippen molar-refractivity contribution in [2.75, 3.05) is 20.6 Å². The zero-order valence-corrected chi connectivity index (χ0v) is 11.1. The van der Waals surface area contributed by atoms with E-state index in [0.717, 1.165) is 16.3 Å². The van der Waals surface area contributed by atoms with Gasteiger partial charge in [-0.2, -0.15) is 5.10 Å². The van der Waals surface area contributed by atoms with Crippen molar-refractivity contribution in [1.82, 2.24) is 10.3 Å². The molecular weight excluding hydrogens is 238 g/mol. The summed E-state index contributed by atoms with van der Waals surface area (Å²) < 4.78 is 0. The number of hydrogen-bond acceptors (Lipinski definition) is 3. The predicted octanol–water partition coefficient (Wildman–Crippen LogP) is 1.85. The number of carbonyl (C=O) groups excluding carboxylic acids is 1. The third-order valence-electron chi connectivity index (χ3n) is 2.68. The second-order valence-electron chi connectivity index (χ2n) is 4.60. The Labute approximate surface area is 112 Å². The zero-order valence-electron chi connectivity index (χ0n) is 11.1. The van der Waals surface area contributed by atoms with Crippen LogP contribution in [0.25, 0.3) is 10.8 Å². The van der Waals surface area contributed by atoms with Gasteiger partial charge in [0, 0.05) is 5.56 Å². The van der Waals surface area contributed by atoms with Crippen molar-refractivity contribution in [1.29, 1.82) is 0 Å². The van der Waals surface area contributed by atoms with E-state index in [1.54, 1.807) is 11.1 Å². The number of nitrogens with zero attached hydrogens (tertiary/aromatic N) is 2. The van der Waals surface area contributed by atoms with E-state index >= 15 is 0 Å². The van der Waals surface area contributed by atoms with Crippen LogP contribution in [0.2, 0.25) is 0 Å². The largest absolute Gasteiger partial charge is 0.301 e. The quantitative estimate of drug-likeness (QED) is 0.669. The summed E-state index contributed by atoms with van der Waals surface area (Å²) in [5.74, 6) is -0.124. The molecule has 0 atom stereocenters. The minimum absolute atomic E-state index is 0.124. The van der Waals surface area contributed by atoms with E-state index in [-0.39, 0.29) is 5.91 Å².